The third-order valence-corrected chi connectivity index (χ3v) is 15.0. The minimum Gasteiger partial charge on any atom is -0.462 e. The molecule has 0 aliphatic heterocycles. The van der Waals surface area contributed by atoms with Gasteiger partial charge in [-0.05, 0) is 148 Å². The number of carbonyl (C=O) groups excluding carboxylic acids is 1. The van der Waals surface area contributed by atoms with Crippen LogP contribution in [0.25, 0.3) is 0 Å². The number of rotatable bonds is 19. The van der Waals surface area contributed by atoms with E-state index in [-0.39, 0.29) is 12.1 Å². The first-order valence-corrected chi connectivity index (χ1v) is 20.9. The molecule has 2 unspecified atom stereocenters. The molecule has 10 atom stereocenters. The van der Waals surface area contributed by atoms with Gasteiger partial charge >= 0.3 is 5.97 Å². The zero-order valence-corrected chi connectivity index (χ0v) is 31.9. The van der Waals surface area contributed by atoms with Gasteiger partial charge in [-0.3, -0.25) is 4.79 Å². The summed E-state index contributed by atoms with van der Waals surface area (Å²) in [5, 5.41) is 0. The molecule has 266 valence electrons. The highest BCUT2D eigenvalue weighted by Gasteiger charge is 2.60. The van der Waals surface area contributed by atoms with Gasteiger partial charge in [-0.25, -0.2) is 0 Å². The monoisotopic (exact) mass is 639 g/mol. The molecule has 46 heavy (non-hydrogen) atoms. The minimum absolute atomic E-state index is 0.0793. The van der Waals surface area contributed by atoms with Gasteiger partial charge in [-0.1, -0.05) is 112 Å². The first-order chi connectivity index (χ1) is 22.1. The zero-order chi connectivity index (χ0) is 33.2. The van der Waals surface area contributed by atoms with E-state index in [1.807, 2.05) is 0 Å². The first-order valence-electron chi connectivity index (χ1n) is 20.9. The van der Waals surface area contributed by atoms with Crippen molar-refractivity contribution in [3.63, 3.8) is 0 Å². The average Bonchev–Trinajstić information content (AvgIpc) is 3.39. The van der Waals surface area contributed by atoms with Crippen molar-refractivity contribution in [1.29, 1.82) is 0 Å². The predicted octanol–water partition coefficient (Wildman–Crippen LogP) is 13.5. The average molecular weight is 639 g/mol. The molecule has 0 heterocycles. The number of allylic oxidation sites excluding steroid dienone is 2. The Hall–Kier alpha value is -0.790. The normalized spacial score (nSPS) is 35.5. The molecule has 0 saturated heterocycles. The molecule has 2 nitrogen and oxygen atoms in total. The molecule has 0 radical (unpaired) electrons. The molecule has 0 aromatic heterocycles. The minimum atomic E-state index is 0.0793. The van der Waals surface area contributed by atoms with Gasteiger partial charge in [0.05, 0.1) is 0 Å². The number of fused-ring (bicyclic) bond motifs is 5. The Balaban J connectivity index is 1.14. The third kappa shape index (κ3) is 9.67. The summed E-state index contributed by atoms with van der Waals surface area (Å²) in [7, 11) is 0. The molecule has 0 bridgehead atoms. The van der Waals surface area contributed by atoms with E-state index < -0.39 is 0 Å². The predicted molar refractivity (Wildman–Crippen MR) is 198 cm³/mol. The topological polar surface area (TPSA) is 26.3 Å². The number of hydrogen-bond donors (Lipinski definition) is 0. The second-order valence-corrected chi connectivity index (χ2v) is 18.2. The van der Waals surface area contributed by atoms with E-state index in [4.69, 9.17) is 4.74 Å². The Bertz CT molecular complexity index is 921. The Kier molecular flexibility index (Phi) is 15.1. The van der Waals surface area contributed by atoms with Crippen molar-refractivity contribution in [2.75, 3.05) is 0 Å². The Morgan fingerprint density at radius 3 is 2.11 bits per heavy atom. The van der Waals surface area contributed by atoms with Crippen LogP contribution in [0, 0.1) is 58.2 Å². The van der Waals surface area contributed by atoms with E-state index >= 15 is 0 Å². The summed E-state index contributed by atoms with van der Waals surface area (Å²) in [5.74, 6) is 7.10. The number of esters is 1. The quantitative estimate of drug-likeness (QED) is 0.0799. The molecule has 0 amide bonds. The third-order valence-electron chi connectivity index (χ3n) is 15.0. The molecule has 0 aromatic carbocycles. The van der Waals surface area contributed by atoms with E-state index in [0.29, 0.717) is 17.3 Å². The van der Waals surface area contributed by atoms with Crippen LogP contribution in [-0.2, 0) is 9.53 Å². The molecule has 4 aliphatic rings. The maximum absolute atomic E-state index is 12.8. The maximum Gasteiger partial charge on any atom is 0.306 e. The first kappa shape index (κ1) is 38.0. The van der Waals surface area contributed by atoms with Gasteiger partial charge in [-0.2, -0.15) is 0 Å². The van der Waals surface area contributed by atoms with Gasteiger partial charge < -0.3 is 4.74 Å². The summed E-state index contributed by atoms with van der Waals surface area (Å²) in [6.07, 6.45) is 34.5. The molecule has 4 fully saturated rings. The second kappa shape index (κ2) is 18.3. The maximum atomic E-state index is 12.8. The van der Waals surface area contributed by atoms with E-state index in [9.17, 15) is 4.79 Å². The Morgan fingerprint density at radius 1 is 0.739 bits per heavy atom. The molecule has 2 heteroatoms. The fraction of sp³-hybridized carbons (Fsp3) is 0.932. The fourth-order valence-corrected chi connectivity index (χ4v) is 11.6. The lowest BCUT2D eigenvalue weighted by Crippen LogP contribution is -2.54. The van der Waals surface area contributed by atoms with Crippen LogP contribution < -0.4 is 0 Å². The fourth-order valence-electron chi connectivity index (χ4n) is 11.6. The van der Waals surface area contributed by atoms with Crippen LogP contribution in [0.2, 0.25) is 0 Å². The van der Waals surface area contributed by atoms with Crippen molar-refractivity contribution in [1.82, 2.24) is 0 Å². The zero-order valence-electron chi connectivity index (χ0n) is 31.9. The van der Waals surface area contributed by atoms with Crippen LogP contribution in [0.4, 0.5) is 0 Å². The van der Waals surface area contributed by atoms with Gasteiger partial charge in [-0.15, -0.1) is 0 Å². The number of unbranched alkanes of at least 4 members (excludes halogenated alkanes) is 9. The van der Waals surface area contributed by atoms with E-state index in [1.165, 1.54) is 122 Å². The number of hydrogen-bond acceptors (Lipinski definition) is 2. The van der Waals surface area contributed by atoms with Crippen LogP contribution in [0.15, 0.2) is 12.2 Å². The van der Waals surface area contributed by atoms with Crippen molar-refractivity contribution in [2.45, 2.75) is 202 Å². The molecule has 0 spiro atoms. The van der Waals surface area contributed by atoms with Gasteiger partial charge in [0.2, 0.25) is 0 Å². The standard InChI is InChI=1S/C44H78O2/c1-8-9-10-11-12-13-14-15-16-17-18-19-20-21-42(45)46-37-28-30-43(6)36(32-37)24-25-38-40-27-26-39(44(40,7)31-29-41(38)43)35(5)23-22-34(4)33(2)3/h13-14,33-41H,8-12,15-32H2,1-7H3/b14-13-/t34-,35+,36?,37?,38-,39+,40-,41-,43-,44+/m0/s1. The molecule has 4 rings (SSSR count). The second-order valence-electron chi connectivity index (χ2n) is 18.2. The van der Waals surface area contributed by atoms with Crippen molar-refractivity contribution < 1.29 is 9.53 Å². The van der Waals surface area contributed by atoms with Crippen molar-refractivity contribution in [3.8, 4) is 0 Å². The number of ether oxygens (including phenoxy) is 1. The summed E-state index contributed by atoms with van der Waals surface area (Å²) in [6.45, 7) is 17.5. The van der Waals surface area contributed by atoms with E-state index in [1.54, 1.807) is 0 Å². The lowest BCUT2D eigenvalue weighted by Gasteiger charge is -2.61. The van der Waals surface area contributed by atoms with Crippen LogP contribution in [0.3, 0.4) is 0 Å². The van der Waals surface area contributed by atoms with Crippen LogP contribution in [-0.4, -0.2) is 12.1 Å². The SMILES string of the molecule is CCCCCC/C=C\CCCCCCCC(=O)OC1CC[C@@]2(C)C(CC[C@H]3[C@@H]4CC[C@H]([C@H](C)CC[C@H](C)C(C)C)[C@@]4(C)CC[C@@H]32)C1. The highest BCUT2D eigenvalue weighted by molar-refractivity contribution is 5.69. The lowest BCUT2D eigenvalue weighted by atomic mass is 9.44. The number of carbonyl (C=O) groups is 1. The highest BCUT2D eigenvalue weighted by atomic mass is 16.5. The summed E-state index contributed by atoms with van der Waals surface area (Å²) >= 11 is 0. The van der Waals surface area contributed by atoms with Crippen LogP contribution in [0.1, 0.15) is 196 Å². The smallest absolute Gasteiger partial charge is 0.306 e. The molecular weight excluding hydrogens is 560 g/mol. The summed E-state index contributed by atoms with van der Waals surface area (Å²) in [5.41, 5.74) is 1.04. The molecular formula is C44H78O2. The lowest BCUT2D eigenvalue weighted by molar-refractivity contribution is -0.162. The summed E-state index contributed by atoms with van der Waals surface area (Å²) in [4.78, 5) is 12.8. The van der Waals surface area contributed by atoms with Gasteiger partial charge in [0.1, 0.15) is 6.10 Å². The van der Waals surface area contributed by atoms with Gasteiger partial charge in [0.25, 0.3) is 0 Å². The summed E-state index contributed by atoms with van der Waals surface area (Å²) in [6, 6.07) is 0. The molecule has 4 saturated carbocycles. The van der Waals surface area contributed by atoms with Crippen molar-refractivity contribution in [3.05, 3.63) is 12.2 Å². The highest BCUT2D eigenvalue weighted by Crippen LogP contribution is 2.68. The van der Waals surface area contributed by atoms with Crippen molar-refractivity contribution in [2.24, 2.45) is 58.2 Å². The Labute approximate surface area is 287 Å². The molecule has 0 N–H and O–H groups in total. The van der Waals surface area contributed by atoms with E-state index in [2.05, 4.69) is 60.6 Å². The van der Waals surface area contributed by atoms with Gasteiger partial charge in [0, 0.05) is 6.42 Å². The van der Waals surface area contributed by atoms with Crippen LogP contribution >= 0.6 is 0 Å². The van der Waals surface area contributed by atoms with Crippen molar-refractivity contribution >= 4 is 5.97 Å². The molecule has 4 aliphatic carbocycles. The largest absolute Gasteiger partial charge is 0.462 e. The summed E-state index contributed by atoms with van der Waals surface area (Å²) < 4.78 is 6.16. The van der Waals surface area contributed by atoms with Crippen LogP contribution in [0.5, 0.6) is 0 Å². The van der Waals surface area contributed by atoms with E-state index in [0.717, 1.165) is 66.6 Å². The van der Waals surface area contributed by atoms with Gasteiger partial charge in [0.15, 0.2) is 0 Å². The molecule has 0 aromatic rings. The Morgan fingerprint density at radius 2 is 1.39 bits per heavy atom.